The van der Waals surface area contributed by atoms with Crippen LogP contribution >= 0.6 is 88.2 Å². The number of thiocarbonyl (C=S) groups is 2. The second-order valence-electron chi connectivity index (χ2n) is 11.4. The average molecular weight is 1080 g/mol. The first-order valence-corrected chi connectivity index (χ1v) is 21.1. The number of hydrogen-bond acceptors (Lipinski definition) is 8. The predicted octanol–water partition coefficient (Wildman–Crippen LogP) is 6.51. The van der Waals surface area contributed by atoms with Gasteiger partial charge in [-0.25, -0.2) is 0 Å². The molecule has 2 aromatic carbocycles. The molecule has 2 fully saturated rings. The molecule has 10 nitrogen and oxygen atoms in total. The molecule has 6 N–H and O–H groups in total. The molecule has 2 aromatic rings. The molecule has 0 saturated heterocycles. The zero-order chi connectivity index (χ0) is 39.6. The fourth-order valence-corrected chi connectivity index (χ4v) is 8.01. The number of isothiocyanates is 2. The van der Waals surface area contributed by atoms with Crippen LogP contribution in [0.5, 0.6) is 11.5 Å². The number of hydrogen-bond donors (Lipinski definition) is 4. The first-order valence-electron chi connectivity index (χ1n) is 17.1. The van der Waals surface area contributed by atoms with E-state index < -0.39 is 0 Å². The summed E-state index contributed by atoms with van der Waals surface area (Å²) in [5.41, 5.74) is 1.26. The Balaban J connectivity index is -0.000000747. The van der Waals surface area contributed by atoms with E-state index in [1.807, 2.05) is 12.1 Å². The summed E-state index contributed by atoms with van der Waals surface area (Å²) in [5.74, 6) is -0.00793. The minimum absolute atomic E-state index is 0. The average Bonchev–Trinajstić information content (AvgIpc) is 3.15. The fourth-order valence-electron chi connectivity index (χ4n) is 5.49. The molecule has 2 aliphatic rings. The Bertz CT molecular complexity index is 1260. The standard InChI is InChI=1S/2C16H22Br2N2O.2CNS.2CH4O.Ni/c2*17-13-9-12(16(21)15(18)10-13)11-19-7-4-8-20-14-5-2-1-3-6-14;2*2-1-3;2*1-2;/h2*9-11,14,20-21H,1-8H2;;;2*2H,1H3;/q;;2*-1;;;+2. The van der Waals surface area contributed by atoms with Gasteiger partial charge in [0.2, 0.25) is 0 Å². The van der Waals surface area contributed by atoms with Crippen LogP contribution in [-0.4, -0.2) is 85.4 Å². The maximum absolute atomic E-state index is 11.9. The number of quaternary nitrogens is 2. The van der Waals surface area contributed by atoms with E-state index in [1.165, 1.54) is 74.5 Å². The number of aliphatic hydroxyl groups is 2. The summed E-state index contributed by atoms with van der Waals surface area (Å²) in [5, 5.41) is 59.7. The normalized spacial score (nSPS) is 13.7. The number of nitrogens with zero attached hydrogens (tertiary/aromatic N) is 4. The van der Waals surface area contributed by atoms with Gasteiger partial charge in [-0.15, -0.1) is 0 Å². The molecule has 4 rings (SSSR count). The Hall–Kier alpha value is -0.766. The molecule has 0 amide bonds. The monoisotopic (exact) mass is 1070 g/mol. The van der Waals surface area contributed by atoms with Crippen LogP contribution in [0.15, 0.2) is 52.1 Å². The van der Waals surface area contributed by atoms with Crippen LogP contribution in [0.3, 0.4) is 0 Å². The molecule has 300 valence electrons. The van der Waals surface area contributed by atoms with Gasteiger partial charge in [-0.3, -0.25) is 9.98 Å². The van der Waals surface area contributed by atoms with Gasteiger partial charge in [0.25, 0.3) is 0 Å². The van der Waals surface area contributed by atoms with Crippen molar-refractivity contribution in [2.24, 2.45) is 9.98 Å². The molecule has 0 unspecified atom stereocenters. The summed E-state index contributed by atoms with van der Waals surface area (Å²) in [6, 6.07) is 8.81. The number of aliphatic imine (C=N–C) groups is 2. The Kier molecular flexibility index (Phi) is 42.1. The molecule has 0 spiro atoms. The SMILES string of the molecule is CO.CO.[N-]=C=S.[N-]=C=S.[Ni+2].[O-]c1c(Br)cc(Br)cc1C=NCCC[NH2+]C1CCCCC1.[O-]c1c(Br)cc(Br)cc1C=NCCC[NH2+]C1CCCCC1. The van der Waals surface area contributed by atoms with Crippen molar-refractivity contribution in [3.8, 4) is 11.5 Å². The van der Waals surface area contributed by atoms with Gasteiger partial charge in [0, 0.05) is 70.5 Å². The molecule has 2 aliphatic carbocycles. The summed E-state index contributed by atoms with van der Waals surface area (Å²) in [7, 11) is 2.00. The van der Waals surface area contributed by atoms with Crippen molar-refractivity contribution in [3.05, 3.63) is 64.1 Å². The number of benzene rings is 2. The summed E-state index contributed by atoms with van der Waals surface area (Å²) < 4.78 is 2.93. The van der Waals surface area contributed by atoms with Crippen molar-refractivity contribution >= 4 is 111 Å². The van der Waals surface area contributed by atoms with E-state index >= 15 is 0 Å². The van der Waals surface area contributed by atoms with Gasteiger partial charge in [-0.2, -0.15) is 10.3 Å². The van der Waals surface area contributed by atoms with E-state index in [-0.39, 0.29) is 28.0 Å². The van der Waals surface area contributed by atoms with Crippen molar-refractivity contribution in [3.63, 3.8) is 0 Å². The predicted molar refractivity (Wildman–Crippen MR) is 232 cm³/mol. The van der Waals surface area contributed by atoms with Crippen molar-refractivity contribution < 1.29 is 47.6 Å². The summed E-state index contributed by atoms with van der Waals surface area (Å²) in [4.78, 5) is 8.76. The topological polar surface area (TPSA) is 189 Å². The van der Waals surface area contributed by atoms with Crippen LogP contribution in [0.2, 0.25) is 0 Å². The second kappa shape index (κ2) is 39.5. The third-order valence-electron chi connectivity index (χ3n) is 7.82. The van der Waals surface area contributed by atoms with E-state index in [0.29, 0.717) is 20.1 Å². The third kappa shape index (κ3) is 29.2. The maximum atomic E-state index is 11.9. The maximum Gasteiger partial charge on any atom is 2.00 e. The van der Waals surface area contributed by atoms with Crippen molar-refractivity contribution in [2.45, 2.75) is 89.1 Å². The Morgan fingerprint density at radius 1 is 0.679 bits per heavy atom. The largest absolute Gasteiger partial charge is 2.00 e. The van der Waals surface area contributed by atoms with Crippen molar-refractivity contribution in [1.82, 2.24) is 0 Å². The van der Waals surface area contributed by atoms with Crippen LogP contribution in [0, 0.1) is 0 Å². The van der Waals surface area contributed by atoms with E-state index in [4.69, 9.17) is 21.0 Å². The first-order chi connectivity index (χ1) is 25.2. The van der Waals surface area contributed by atoms with Crippen molar-refractivity contribution in [1.29, 1.82) is 0 Å². The number of halogens is 4. The minimum atomic E-state index is -0.00396. The van der Waals surface area contributed by atoms with E-state index in [1.54, 1.807) is 24.6 Å². The van der Waals surface area contributed by atoms with Crippen LogP contribution in [0.25, 0.3) is 10.8 Å². The molecule has 0 atom stereocenters. The first kappa shape index (κ1) is 56.6. The number of nitrogens with two attached hydrogens (primary N) is 2. The third-order valence-corrected chi connectivity index (χ3v) is 9.91. The molecule has 2 saturated carbocycles. The molecule has 0 radical (unpaired) electrons. The molecular weight excluding hydrogens is 1020 g/mol. The number of rotatable bonds is 12. The Morgan fingerprint density at radius 2 is 0.981 bits per heavy atom. The smallest absolute Gasteiger partial charge is 0.871 e. The van der Waals surface area contributed by atoms with E-state index in [2.05, 4.69) is 109 Å². The van der Waals surface area contributed by atoms with Gasteiger partial charge >= 0.3 is 16.5 Å². The zero-order valence-electron chi connectivity index (χ0n) is 30.2. The Labute approximate surface area is 370 Å². The molecule has 0 aliphatic heterocycles. The summed E-state index contributed by atoms with van der Waals surface area (Å²) in [6.45, 7) is 3.84. The van der Waals surface area contributed by atoms with Crippen LogP contribution in [-0.2, 0) is 16.5 Å². The van der Waals surface area contributed by atoms with Crippen LogP contribution in [0.4, 0.5) is 0 Å². The van der Waals surface area contributed by atoms with Gasteiger partial charge in [-0.1, -0.05) is 112 Å². The summed E-state index contributed by atoms with van der Waals surface area (Å²) >= 11 is 20.7. The second-order valence-corrected chi connectivity index (χ2v) is 15.3. The van der Waals surface area contributed by atoms with Gasteiger partial charge in [-0.05, 0) is 86.8 Å². The molecule has 0 heterocycles. The van der Waals surface area contributed by atoms with E-state index in [9.17, 15) is 10.2 Å². The molecule has 0 bridgehead atoms. The van der Waals surface area contributed by atoms with Crippen LogP contribution < -0.4 is 20.8 Å². The van der Waals surface area contributed by atoms with Gasteiger partial charge in [0.05, 0.1) is 25.2 Å². The molecule has 0 aromatic heterocycles. The zero-order valence-corrected chi connectivity index (χ0v) is 39.2. The van der Waals surface area contributed by atoms with E-state index in [0.717, 1.165) is 74.3 Å². The van der Waals surface area contributed by atoms with Crippen LogP contribution in [0.1, 0.15) is 88.2 Å². The minimum Gasteiger partial charge on any atom is -0.871 e. The Morgan fingerprint density at radius 3 is 1.28 bits per heavy atom. The fraction of sp³-hybridized carbons (Fsp3) is 0.556. The van der Waals surface area contributed by atoms with Gasteiger partial charge in [0.15, 0.2) is 0 Å². The van der Waals surface area contributed by atoms with Gasteiger partial charge in [0.1, 0.15) is 0 Å². The van der Waals surface area contributed by atoms with Gasteiger partial charge < -0.3 is 41.9 Å². The molecule has 53 heavy (non-hydrogen) atoms. The molecular formula is C36H52Br4N6NiO4S2. The van der Waals surface area contributed by atoms with Crippen molar-refractivity contribution in [2.75, 3.05) is 40.4 Å². The number of aliphatic hydroxyl groups excluding tert-OH is 2. The summed E-state index contributed by atoms with van der Waals surface area (Å²) in [6.07, 6.45) is 19.4. The molecule has 17 heteroatoms. The quantitative estimate of drug-likeness (QED) is 0.0812.